The van der Waals surface area contributed by atoms with Gasteiger partial charge in [0.1, 0.15) is 18.8 Å². The van der Waals surface area contributed by atoms with Crippen LogP contribution in [0.15, 0.2) is 28.7 Å². The summed E-state index contributed by atoms with van der Waals surface area (Å²) in [4.78, 5) is 22.3. The summed E-state index contributed by atoms with van der Waals surface area (Å²) in [6.07, 6.45) is -4.68. The molecule has 1 aromatic rings. The van der Waals surface area contributed by atoms with Crippen LogP contribution in [-0.4, -0.2) is 47.8 Å². The number of rotatable bonds is 6. The molecule has 0 aliphatic carbocycles. The quantitative estimate of drug-likeness (QED) is 0.835. The Balaban J connectivity index is 2.65. The van der Waals surface area contributed by atoms with Crippen LogP contribution in [0.4, 0.5) is 13.2 Å². The maximum absolute atomic E-state index is 12.3. The molecular formula is C12H11BrF3NO4. The summed E-state index contributed by atoms with van der Waals surface area (Å²) < 4.78 is 42.6. The van der Waals surface area contributed by atoms with Crippen molar-refractivity contribution in [3.05, 3.63) is 28.7 Å². The predicted octanol–water partition coefficient (Wildman–Crippen LogP) is 2.30. The standard InChI is InChI=1S/C12H11BrF3NO4/c13-8-2-1-3-9(4-8)21-6-10(18)17(5-11(19)20)7-12(14,15)16/h1-4H,5-7H2,(H,19,20). The van der Waals surface area contributed by atoms with Crippen molar-refractivity contribution in [3.8, 4) is 5.75 Å². The van der Waals surface area contributed by atoms with E-state index in [9.17, 15) is 22.8 Å². The molecule has 5 nitrogen and oxygen atoms in total. The molecule has 9 heteroatoms. The van der Waals surface area contributed by atoms with Crippen LogP contribution >= 0.6 is 15.9 Å². The van der Waals surface area contributed by atoms with Crippen molar-refractivity contribution in [2.75, 3.05) is 19.7 Å². The lowest BCUT2D eigenvalue weighted by Gasteiger charge is -2.22. The van der Waals surface area contributed by atoms with Crippen molar-refractivity contribution in [3.63, 3.8) is 0 Å². The highest BCUT2D eigenvalue weighted by atomic mass is 79.9. The van der Waals surface area contributed by atoms with E-state index in [4.69, 9.17) is 9.84 Å². The minimum atomic E-state index is -4.68. The molecule has 0 aliphatic rings. The average Bonchev–Trinajstić information content (AvgIpc) is 2.33. The van der Waals surface area contributed by atoms with Crippen LogP contribution < -0.4 is 4.74 Å². The lowest BCUT2D eigenvalue weighted by molar-refractivity contribution is -0.166. The molecule has 0 saturated heterocycles. The number of benzene rings is 1. The largest absolute Gasteiger partial charge is 0.484 e. The van der Waals surface area contributed by atoms with Crippen LogP contribution in [-0.2, 0) is 9.59 Å². The summed E-state index contributed by atoms with van der Waals surface area (Å²) in [7, 11) is 0. The molecule has 1 N–H and O–H groups in total. The molecule has 21 heavy (non-hydrogen) atoms. The van der Waals surface area contributed by atoms with Crippen molar-refractivity contribution >= 4 is 27.8 Å². The molecule has 0 aliphatic heterocycles. The Hall–Kier alpha value is -1.77. The number of carboxylic acids is 1. The fourth-order valence-electron chi connectivity index (χ4n) is 1.41. The SMILES string of the molecule is O=C(O)CN(CC(F)(F)F)C(=O)COc1cccc(Br)c1. The number of alkyl halides is 3. The van der Waals surface area contributed by atoms with Crippen molar-refractivity contribution < 1.29 is 32.6 Å². The molecule has 1 rings (SSSR count). The van der Waals surface area contributed by atoms with E-state index in [1.54, 1.807) is 12.1 Å². The number of carbonyl (C=O) groups is 2. The molecule has 116 valence electrons. The fraction of sp³-hybridized carbons (Fsp3) is 0.333. The zero-order chi connectivity index (χ0) is 16.0. The van der Waals surface area contributed by atoms with E-state index in [2.05, 4.69) is 15.9 Å². The lowest BCUT2D eigenvalue weighted by Crippen LogP contribution is -2.44. The van der Waals surface area contributed by atoms with Crippen LogP contribution in [0.2, 0.25) is 0 Å². The third-order valence-corrected chi connectivity index (χ3v) is 2.70. The molecule has 0 aromatic heterocycles. The van der Waals surface area contributed by atoms with E-state index in [0.717, 1.165) is 0 Å². The first-order valence-electron chi connectivity index (χ1n) is 5.62. The molecule has 0 atom stereocenters. The first-order chi connectivity index (χ1) is 9.67. The number of hydrogen-bond donors (Lipinski definition) is 1. The van der Waals surface area contributed by atoms with E-state index in [-0.39, 0.29) is 10.6 Å². The Morgan fingerprint density at radius 2 is 2.00 bits per heavy atom. The van der Waals surface area contributed by atoms with Gasteiger partial charge in [0, 0.05) is 4.47 Å². The van der Waals surface area contributed by atoms with Gasteiger partial charge < -0.3 is 14.7 Å². The number of amides is 1. The second kappa shape index (κ2) is 7.30. The monoisotopic (exact) mass is 369 g/mol. The number of ether oxygens (including phenoxy) is 1. The van der Waals surface area contributed by atoms with E-state index < -0.39 is 37.7 Å². The number of halogens is 4. The number of aliphatic carboxylic acids is 1. The maximum Gasteiger partial charge on any atom is 0.406 e. The Kier molecular flexibility index (Phi) is 6.01. The van der Waals surface area contributed by atoms with E-state index in [0.29, 0.717) is 4.47 Å². The van der Waals surface area contributed by atoms with E-state index >= 15 is 0 Å². The first kappa shape index (κ1) is 17.3. The van der Waals surface area contributed by atoms with Crippen LogP contribution in [0.5, 0.6) is 5.75 Å². The van der Waals surface area contributed by atoms with Gasteiger partial charge in [0.15, 0.2) is 6.61 Å². The van der Waals surface area contributed by atoms with Crippen LogP contribution in [0, 0.1) is 0 Å². The topological polar surface area (TPSA) is 66.8 Å². The Labute approximate surface area is 126 Å². The summed E-state index contributed by atoms with van der Waals surface area (Å²) >= 11 is 3.17. The molecule has 0 unspecified atom stereocenters. The van der Waals surface area contributed by atoms with Gasteiger partial charge >= 0.3 is 12.1 Å². The van der Waals surface area contributed by atoms with Crippen molar-refractivity contribution in [1.82, 2.24) is 4.90 Å². The molecule has 0 saturated carbocycles. The summed E-state index contributed by atoms with van der Waals surface area (Å²) in [5.41, 5.74) is 0. The molecule has 0 spiro atoms. The highest BCUT2D eigenvalue weighted by Gasteiger charge is 2.34. The third kappa shape index (κ3) is 6.98. The molecule has 1 aromatic carbocycles. The minimum Gasteiger partial charge on any atom is -0.484 e. The molecule has 0 radical (unpaired) electrons. The predicted molar refractivity (Wildman–Crippen MR) is 69.9 cm³/mol. The van der Waals surface area contributed by atoms with Crippen LogP contribution in [0.1, 0.15) is 0 Å². The molecule has 1 amide bonds. The highest BCUT2D eigenvalue weighted by Crippen LogP contribution is 2.19. The summed E-state index contributed by atoms with van der Waals surface area (Å²) in [6, 6.07) is 6.37. The first-order valence-corrected chi connectivity index (χ1v) is 6.41. The molecule has 0 bridgehead atoms. The number of nitrogens with zero attached hydrogens (tertiary/aromatic N) is 1. The van der Waals surface area contributed by atoms with Gasteiger partial charge in [-0.1, -0.05) is 22.0 Å². The zero-order valence-corrected chi connectivity index (χ0v) is 12.1. The third-order valence-electron chi connectivity index (χ3n) is 2.21. The maximum atomic E-state index is 12.3. The van der Waals surface area contributed by atoms with Crippen molar-refractivity contribution in [2.45, 2.75) is 6.18 Å². The zero-order valence-electron chi connectivity index (χ0n) is 10.6. The Bertz CT molecular complexity index is 521. The summed E-state index contributed by atoms with van der Waals surface area (Å²) in [5.74, 6) is -2.32. The Morgan fingerprint density at radius 1 is 1.33 bits per heavy atom. The van der Waals surface area contributed by atoms with Gasteiger partial charge in [0.05, 0.1) is 0 Å². The van der Waals surface area contributed by atoms with Crippen molar-refractivity contribution in [1.29, 1.82) is 0 Å². The van der Waals surface area contributed by atoms with Gasteiger partial charge in [-0.05, 0) is 18.2 Å². The summed E-state index contributed by atoms with van der Waals surface area (Å²) in [6.45, 7) is -3.36. The van der Waals surface area contributed by atoms with E-state index in [1.165, 1.54) is 12.1 Å². The highest BCUT2D eigenvalue weighted by molar-refractivity contribution is 9.10. The fourth-order valence-corrected chi connectivity index (χ4v) is 1.78. The molecule has 0 heterocycles. The van der Waals surface area contributed by atoms with Gasteiger partial charge in [0.2, 0.25) is 0 Å². The normalized spacial score (nSPS) is 11.0. The van der Waals surface area contributed by atoms with E-state index in [1.807, 2.05) is 0 Å². The van der Waals surface area contributed by atoms with Crippen LogP contribution in [0.25, 0.3) is 0 Å². The van der Waals surface area contributed by atoms with Gasteiger partial charge in [-0.3, -0.25) is 9.59 Å². The molecular weight excluding hydrogens is 359 g/mol. The second-order valence-corrected chi connectivity index (χ2v) is 4.92. The number of hydrogen-bond acceptors (Lipinski definition) is 3. The molecule has 0 fully saturated rings. The van der Waals surface area contributed by atoms with Gasteiger partial charge in [0.25, 0.3) is 5.91 Å². The minimum absolute atomic E-state index is 0.181. The number of carbonyl (C=O) groups excluding carboxylic acids is 1. The Morgan fingerprint density at radius 3 is 2.52 bits per heavy atom. The van der Waals surface area contributed by atoms with Crippen LogP contribution in [0.3, 0.4) is 0 Å². The number of carboxylic acid groups (broad SMARTS) is 1. The smallest absolute Gasteiger partial charge is 0.406 e. The average molecular weight is 370 g/mol. The second-order valence-electron chi connectivity index (χ2n) is 4.00. The lowest BCUT2D eigenvalue weighted by atomic mass is 10.3. The van der Waals surface area contributed by atoms with Gasteiger partial charge in [-0.2, -0.15) is 13.2 Å². The van der Waals surface area contributed by atoms with Gasteiger partial charge in [-0.25, -0.2) is 0 Å². The van der Waals surface area contributed by atoms with Crippen molar-refractivity contribution in [2.24, 2.45) is 0 Å². The van der Waals surface area contributed by atoms with Gasteiger partial charge in [-0.15, -0.1) is 0 Å². The summed E-state index contributed by atoms with van der Waals surface area (Å²) in [5, 5.41) is 8.54.